The van der Waals surface area contributed by atoms with Crippen molar-refractivity contribution in [1.82, 2.24) is 10.2 Å². The van der Waals surface area contributed by atoms with Crippen molar-refractivity contribution in [2.75, 3.05) is 33.0 Å². The van der Waals surface area contributed by atoms with Crippen molar-refractivity contribution in [3.05, 3.63) is 65.7 Å². The number of para-hydroxylation sites is 1. The van der Waals surface area contributed by atoms with E-state index < -0.39 is 9.84 Å². The molecule has 0 amide bonds. The summed E-state index contributed by atoms with van der Waals surface area (Å²) < 4.78 is 30.1. The molecule has 6 nitrogen and oxygen atoms in total. The van der Waals surface area contributed by atoms with Gasteiger partial charge >= 0.3 is 0 Å². The number of hydrogen-bond acceptors (Lipinski definition) is 4. The molecule has 0 radical (unpaired) electrons. The predicted octanol–water partition coefficient (Wildman–Crippen LogP) is 3.72. The summed E-state index contributed by atoms with van der Waals surface area (Å²) in [7, 11) is 0.477. The Labute approximate surface area is 197 Å². The minimum atomic E-state index is -3.14. The lowest BCUT2D eigenvalue weighted by Crippen LogP contribution is -2.38. The minimum Gasteiger partial charge on any atom is -0.496 e. The Balaban J connectivity index is 0.00000450. The zero-order valence-corrected chi connectivity index (χ0v) is 21.0. The van der Waals surface area contributed by atoms with Crippen LogP contribution in [0.5, 0.6) is 5.75 Å². The van der Waals surface area contributed by atoms with Crippen LogP contribution < -0.4 is 10.1 Å². The molecule has 0 aliphatic rings. The minimum absolute atomic E-state index is 0. The summed E-state index contributed by atoms with van der Waals surface area (Å²) in [6.07, 6.45) is 0.493. The smallest absolute Gasteiger partial charge is 0.193 e. The number of halogens is 1. The van der Waals surface area contributed by atoms with Crippen LogP contribution in [-0.4, -0.2) is 52.3 Å². The maximum absolute atomic E-state index is 12.3. The molecule has 0 atom stereocenters. The van der Waals surface area contributed by atoms with Crippen LogP contribution in [0.3, 0.4) is 0 Å². The topological polar surface area (TPSA) is 71.0 Å². The summed E-state index contributed by atoms with van der Waals surface area (Å²) in [5, 5.41) is 3.26. The van der Waals surface area contributed by atoms with Gasteiger partial charge in [-0.25, -0.2) is 8.42 Å². The van der Waals surface area contributed by atoms with E-state index >= 15 is 0 Å². The second-order valence-corrected chi connectivity index (χ2v) is 9.02. The van der Waals surface area contributed by atoms with Gasteiger partial charge in [-0.1, -0.05) is 48.5 Å². The molecule has 0 bridgehead atoms. The summed E-state index contributed by atoms with van der Waals surface area (Å²) in [5.41, 5.74) is 1.88. The van der Waals surface area contributed by atoms with E-state index in [-0.39, 0.29) is 35.5 Å². The molecule has 0 aliphatic carbocycles. The van der Waals surface area contributed by atoms with Crippen LogP contribution in [0.1, 0.15) is 24.5 Å². The van der Waals surface area contributed by atoms with Gasteiger partial charge in [-0.05, 0) is 25.0 Å². The molecule has 2 aromatic rings. The maximum atomic E-state index is 12.3. The SMILES string of the molecule is CCNC(=NCCCS(=O)(=O)Cc1ccccc1)N(C)Cc1ccccc1OC.I. The third-order valence-electron chi connectivity index (χ3n) is 4.40. The lowest BCUT2D eigenvalue weighted by atomic mass is 10.2. The van der Waals surface area contributed by atoms with Crippen molar-refractivity contribution in [1.29, 1.82) is 0 Å². The number of methoxy groups -OCH3 is 1. The Hall–Kier alpha value is -1.81. The van der Waals surface area contributed by atoms with Crippen LogP contribution >= 0.6 is 24.0 Å². The van der Waals surface area contributed by atoms with Gasteiger partial charge in [-0.3, -0.25) is 4.99 Å². The molecule has 2 rings (SSSR count). The van der Waals surface area contributed by atoms with Gasteiger partial charge in [0.25, 0.3) is 0 Å². The fourth-order valence-electron chi connectivity index (χ4n) is 3.00. The van der Waals surface area contributed by atoms with Crippen molar-refractivity contribution in [3.63, 3.8) is 0 Å². The Bertz CT molecular complexity index is 890. The Kier molecular flexibility index (Phi) is 11.8. The molecule has 166 valence electrons. The fourth-order valence-corrected chi connectivity index (χ4v) is 4.42. The van der Waals surface area contributed by atoms with E-state index in [1.54, 1.807) is 7.11 Å². The van der Waals surface area contributed by atoms with E-state index in [0.29, 0.717) is 19.5 Å². The maximum Gasteiger partial charge on any atom is 0.193 e. The molecular weight excluding hydrogens is 513 g/mol. The molecule has 30 heavy (non-hydrogen) atoms. The Morgan fingerprint density at radius 1 is 1.10 bits per heavy atom. The lowest BCUT2D eigenvalue weighted by molar-refractivity contribution is 0.396. The molecule has 0 saturated carbocycles. The Morgan fingerprint density at radius 3 is 2.43 bits per heavy atom. The summed E-state index contributed by atoms with van der Waals surface area (Å²) in [6.45, 7) is 3.84. The third kappa shape index (κ3) is 8.91. The molecule has 1 N–H and O–H groups in total. The molecular formula is C22H32IN3O3S. The summed E-state index contributed by atoms with van der Waals surface area (Å²) in [6, 6.07) is 17.2. The molecule has 0 unspecified atom stereocenters. The average molecular weight is 545 g/mol. The van der Waals surface area contributed by atoms with Crippen LogP contribution in [0.2, 0.25) is 0 Å². The van der Waals surface area contributed by atoms with E-state index in [1.807, 2.05) is 73.5 Å². The van der Waals surface area contributed by atoms with Gasteiger partial charge in [0.05, 0.1) is 18.6 Å². The first-order chi connectivity index (χ1) is 13.9. The van der Waals surface area contributed by atoms with Crippen molar-refractivity contribution in [2.45, 2.75) is 25.6 Å². The van der Waals surface area contributed by atoms with Gasteiger partial charge in [-0.2, -0.15) is 0 Å². The first-order valence-corrected chi connectivity index (χ1v) is 11.6. The second-order valence-electron chi connectivity index (χ2n) is 6.83. The molecule has 0 aliphatic heterocycles. The third-order valence-corrected chi connectivity index (χ3v) is 6.08. The number of benzene rings is 2. The van der Waals surface area contributed by atoms with Crippen LogP contribution in [0.4, 0.5) is 0 Å². The number of guanidine groups is 1. The lowest BCUT2D eigenvalue weighted by Gasteiger charge is -2.23. The van der Waals surface area contributed by atoms with E-state index in [2.05, 4.69) is 10.3 Å². The first kappa shape index (κ1) is 26.2. The average Bonchev–Trinajstić information content (AvgIpc) is 2.71. The molecule has 0 aromatic heterocycles. The molecule has 0 fully saturated rings. The van der Waals surface area contributed by atoms with Gasteiger partial charge < -0.3 is 15.0 Å². The summed E-state index contributed by atoms with van der Waals surface area (Å²) >= 11 is 0. The Morgan fingerprint density at radius 2 is 1.77 bits per heavy atom. The number of ether oxygens (including phenoxy) is 1. The fraction of sp³-hybridized carbons (Fsp3) is 0.409. The van der Waals surface area contributed by atoms with Gasteiger partial charge in [0.1, 0.15) is 5.75 Å². The highest BCUT2D eigenvalue weighted by atomic mass is 127. The summed E-state index contributed by atoms with van der Waals surface area (Å²) in [4.78, 5) is 6.62. The summed E-state index contributed by atoms with van der Waals surface area (Å²) in [5.74, 6) is 1.79. The van der Waals surface area contributed by atoms with Crippen molar-refractivity contribution in [3.8, 4) is 5.75 Å². The number of aliphatic imine (C=N–C) groups is 1. The number of rotatable bonds is 10. The van der Waals surface area contributed by atoms with Crippen LogP contribution in [-0.2, 0) is 22.1 Å². The normalized spacial score (nSPS) is 11.5. The molecule has 0 spiro atoms. The quantitative estimate of drug-likeness (QED) is 0.213. The van der Waals surface area contributed by atoms with E-state index in [1.165, 1.54) is 0 Å². The van der Waals surface area contributed by atoms with Gasteiger partial charge in [0.15, 0.2) is 15.8 Å². The highest BCUT2D eigenvalue weighted by Crippen LogP contribution is 2.18. The van der Waals surface area contributed by atoms with E-state index in [9.17, 15) is 8.42 Å². The first-order valence-electron chi connectivity index (χ1n) is 9.81. The largest absolute Gasteiger partial charge is 0.496 e. The van der Waals surface area contributed by atoms with Crippen molar-refractivity contribution < 1.29 is 13.2 Å². The highest BCUT2D eigenvalue weighted by Gasteiger charge is 2.13. The van der Waals surface area contributed by atoms with Gasteiger partial charge in [0.2, 0.25) is 0 Å². The van der Waals surface area contributed by atoms with Crippen LogP contribution in [0, 0.1) is 0 Å². The number of nitrogens with zero attached hydrogens (tertiary/aromatic N) is 2. The van der Waals surface area contributed by atoms with E-state index in [0.717, 1.165) is 29.4 Å². The monoisotopic (exact) mass is 545 g/mol. The van der Waals surface area contributed by atoms with Gasteiger partial charge in [-0.15, -0.1) is 24.0 Å². The zero-order valence-electron chi connectivity index (χ0n) is 17.9. The molecule has 0 heterocycles. The number of sulfone groups is 1. The van der Waals surface area contributed by atoms with Crippen molar-refractivity contribution in [2.24, 2.45) is 4.99 Å². The van der Waals surface area contributed by atoms with Gasteiger partial charge in [0, 0.05) is 32.2 Å². The molecule has 8 heteroatoms. The zero-order chi connectivity index (χ0) is 21.1. The van der Waals surface area contributed by atoms with Crippen molar-refractivity contribution >= 4 is 39.8 Å². The second kappa shape index (κ2) is 13.5. The highest BCUT2D eigenvalue weighted by molar-refractivity contribution is 14.0. The number of nitrogens with one attached hydrogen (secondary N) is 1. The standard InChI is InChI=1S/C22H31N3O3S.HI/c1-4-23-22(25(2)17-20-13-8-9-14-21(20)28-3)24-15-10-16-29(26,27)18-19-11-6-5-7-12-19;/h5-9,11-14H,4,10,15-18H2,1-3H3,(H,23,24);1H. The predicted molar refractivity (Wildman–Crippen MR) is 134 cm³/mol. The molecule has 0 saturated heterocycles. The van der Waals surface area contributed by atoms with E-state index in [4.69, 9.17) is 4.74 Å². The van der Waals surface area contributed by atoms with Crippen LogP contribution in [0.15, 0.2) is 59.6 Å². The van der Waals surface area contributed by atoms with Crippen LogP contribution in [0.25, 0.3) is 0 Å². The number of hydrogen-bond donors (Lipinski definition) is 1. The molecule has 2 aromatic carbocycles.